The lowest BCUT2D eigenvalue weighted by molar-refractivity contribution is 0.373. The van der Waals surface area contributed by atoms with Gasteiger partial charge in [0, 0.05) is 11.6 Å². The summed E-state index contributed by atoms with van der Waals surface area (Å²) >= 11 is 0. The summed E-state index contributed by atoms with van der Waals surface area (Å²) < 4.78 is 18.5. The third kappa shape index (κ3) is 2.22. The van der Waals surface area contributed by atoms with Gasteiger partial charge in [-0.25, -0.2) is 4.39 Å². The highest BCUT2D eigenvalue weighted by molar-refractivity contribution is 5.69. The van der Waals surface area contributed by atoms with Gasteiger partial charge in [0.1, 0.15) is 17.7 Å². The lowest BCUT2D eigenvalue weighted by Crippen LogP contribution is -1.92. The molecule has 90 valence electrons. The van der Waals surface area contributed by atoms with E-state index < -0.39 is 6.17 Å². The Morgan fingerprint density at radius 3 is 2.71 bits per heavy atom. The molecule has 0 aliphatic heterocycles. The molecule has 1 atom stereocenters. The fourth-order valence-electron chi connectivity index (χ4n) is 1.66. The van der Waals surface area contributed by atoms with Crippen LogP contribution >= 0.6 is 0 Å². The van der Waals surface area contributed by atoms with Gasteiger partial charge in [-0.15, -0.1) is 0 Å². The molecule has 0 amide bonds. The Balaban J connectivity index is 2.53. The van der Waals surface area contributed by atoms with Crippen molar-refractivity contribution in [2.24, 2.45) is 0 Å². The predicted molar refractivity (Wildman–Crippen MR) is 64.5 cm³/mol. The number of benzene rings is 1. The lowest BCUT2D eigenvalue weighted by Gasteiger charge is -2.10. The van der Waals surface area contributed by atoms with E-state index in [2.05, 4.69) is 10.2 Å². The van der Waals surface area contributed by atoms with Crippen molar-refractivity contribution < 1.29 is 9.13 Å². The van der Waals surface area contributed by atoms with E-state index in [1.165, 1.54) is 6.92 Å². The third-order valence-corrected chi connectivity index (χ3v) is 2.57. The normalized spacial score (nSPS) is 12.4. The summed E-state index contributed by atoms with van der Waals surface area (Å²) in [5.41, 5.74) is 7.60. The van der Waals surface area contributed by atoms with Gasteiger partial charge in [0.05, 0.1) is 12.8 Å². The van der Waals surface area contributed by atoms with Crippen molar-refractivity contribution in [3.8, 4) is 17.0 Å². The maximum Gasteiger partial charge on any atom is 0.145 e. The Morgan fingerprint density at radius 1 is 1.41 bits per heavy atom. The molecule has 0 aliphatic carbocycles. The number of alkyl halides is 1. The first-order chi connectivity index (χ1) is 8.11. The van der Waals surface area contributed by atoms with Crippen LogP contribution in [0, 0.1) is 0 Å². The van der Waals surface area contributed by atoms with Crippen molar-refractivity contribution in [2.45, 2.75) is 13.1 Å². The van der Waals surface area contributed by atoms with Crippen molar-refractivity contribution in [3.63, 3.8) is 0 Å². The van der Waals surface area contributed by atoms with Gasteiger partial charge in [0.15, 0.2) is 0 Å². The highest BCUT2D eigenvalue weighted by Gasteiger charge is 2.12. The molecule has 2 rings (SSSR count). The minimum absolute atomic E-state index is 0.390. The number of H-pyrrole nitrogens is 1. The molecule has 0 saturated carbocycles. The standard InChI is InChI=1S/C12H14FN3O/c1-7(13)8-3-4-11(17-2)9(5-8)10-6-12(14)16-15-10/h3-7H,1-2H3,(H3,14,15,16). The molecule has 0 spiro atoms. The molecular weight excluding hydrogens is 221 g/mol. The fraction of sp³-hybridized carbons (Fsp3) is 0.250. The first-order valence-corrected chi connectivity index (χ1v) is 5.25. The van der Waals surface area contributed by atoms with Crippen molar-refractivity contribution in [2.75, 3.05) is 12.8 Å². The summed E-state index contributed by atoms with van der Waals surface area (Å²) in [4.78, 5) is 0. The van der Waals surface area contributed by atoms with Crippen LogP contribution in [0.1, 0.15) is 18.7 Å². The van der Waals surface area contributed by atoms with Crippen LogP contribution in [0.25, 0.3) is 11.3 Å². The number of hydrogen-bond acceptors (Lipinski definition) is 3. The Bertz CT molecular complexity index is 522. The van der Waals surface area contributed by atoms with Gasteiger partial charge in [-0.1, -0.05) is 6.07 Å². The fourth-order valence-corrected chi connectivity index (χ4v) is 1.66. The highest BCUT2D eigenvalue weighted by atomic mass is 19.1. The molecule has 1 aromatic carbocycles. The summed E-state index contributed by atoms with van der Waals surface area (Å²) in [6.07, 6.45) is -1.03. The largest absolute Gasteiger partial charge is 0.496 e. The summed E-state index contributed by atoms with van der Waals surface area (Å²) in [6, 6.07) is 6.85. The maximum absolute atomic E-state index is 13.3. The maximum atomic E-state index is 13.3. The molecule has 17 heavy (non-hydrogen) atoms. The summed E-state index contributed by atoms with van der Waals surface area (Å²) in [7, 11) is 1.57. The van der Waals surface area contributed by atoms with Gasteiger partial charge in [-0.3, -0.25) is 5.10 Å². The van der Waals surface area contributed by atoms with Crippen molar-refractivity contribution in [1.29, 1.82) is 0 Å². The Hall–Kier alpha value is -2.04. The van der Waals surface area contributed by atoms with Gasteiger partial charge in [0.2, 0.25) is 0 Å². The summed E-state index contributed by atoms with van der Waals surface area (Å²) in [6.45, 7) is 1.49. The van der Waals surface area contributed by atoms with E-state index in [1.54, 1.807) is 31.4 Å². The number of aromatic nitrogens is 2. The van der Waals surface area contributed by atoms with Crippen molar-refractivity contribution in [3.05, 3.63) is 29.8 Å². The van der Waals surface area contributed by atoms with Crippen molar-refractivity contribution in [1.82, 2.24) is 10.2 Å². The van der Waals surface area contributed by atoms with Gasteiger partial charge < -0.3 is 10.5 Å². The average Bonchev–Trinajstić information content (AvgIpc) is 2.74. The van der Waals surface area contributed by atoms with E-state index >= 15 is 0 Å². The molecule has 0 aliphatic rings. The quantitative estimate of drug-likeness (QED) is 0.859. The number of halogens is 1. The number of anilines is 1. The number of nitrogen functional groups attached to an aromatic ring is 1. The minimum atomic E-state index is -1.03. The summed E-state index contributed by atoms with van der Waals surface area (Å²) in [5, 5.41) is 6.63. The van der Waals surface area contributed by atoms with E-state index in [4.69, 9.17) is 10.5 Å². The number of nitrogens with two attached hydrogens (primary N) is 1. The highest BCUT2D eigenvalue weighted by Crippen LogP contribution is 2.32. The van der Waals surface area contributed by atoms with Crippen molar-refractivity contribution >= 4 is 5.82 Å². The monoisotopic (exact) mass is 235 g/mol. The van der Waals surface area contributed by atoms with Crippen LogP contribution < -0.4 is 10.5 Å². The molecule has 0 saturated heterocycles. The first kappa shape index (κ1) is 11.4. The zero-order valence-corrected chi connectivity index (χ0v) is 9.70. The molecule has 1 aromatic heterocycles. The molecule has 2 aromatic rings. The van der Waals surface area contributed by atoms with Crippen LogP contribution in [0.15, 0.2) is 24.3 Å². The number of nitrogens with zero attached hydrogens (tertiary/aromatic N) is 1. The topological polar surface area (TPSA) is 63.9 Å². The molecule has 0 bridgehead atoms. The van der Waals surface area contributed by atoms with E-state index in [0.717, 1.165) is 5.56 Å². The molecule has 4 nitrogen and oxygen atoms in total. The molecule has 1 unspecified atom stereocenters. The number of nitrogens with one attached hydrogen (secondary N) is 1. The van der Waals surface area contributed by atoms with Gasteiger partial charge >= 0.3 is 0 Å². The first-order valence-electron chi connectivity index (χ1n) is 5.25. The average molecular weight is 235 g/mol. The smallest absolute Gasteiger partial charge is 0.145 e. The number of aromatic amines is 1. The molecule has 0 fully saturated rings. The number of ether oxygens (including phenoxy) is 1. The van der Waals surface area contributed by atoms with Crippen LogP contribution in [-0.4, -0.2) is 17.3 Å². The Kier molecular flexibility index (Phi) is 2.99. The molecule has 1 heterocycles. The second-order valence-corrected chi connectivity index (χ2v) is 3.78. The van der Waals surface area contributed by atoms with Crippen LogP contribution in [0.4, 0.5) is 10.2 Å². The number of rotatable bonds is 3. The van der Waals surface area contributed by atoms with Crippen LogP contribution in [-0.2, 0) is 0 Å². The van der Waals surface area contributed by atoms with Crippen LogP contribution in [0.3, 0.4) is 0 Å². The number of hydrogen-bond donors (Lipinski definition) is 2. The zero-order chi connectivity index (χ0) is 12.4. The van der Waals surface area contributed by atoms with Gasteiger partial charge in [-0.05, 0) is 24.6 Å². The molecular formula is C12H14FN3O. The van der Waals surface area contributed by atoms with E-state index in [9.17, 15) is 4.39 Å². The Labute approximate surface area is 98.6 Å². The van der Waals surface area contributed by atoms with E-state index in [-0.39, 0.29) is 0 Å². The predicted octanol–water partition coefficient (Wildman–Crippen LogP) is 2.70. The van der Waals surface area contributed by atoms with Gasteiger partial charge in [-0.2, -0.15) is 5.10 Å². The molecule has 0 radical (unpaired) electrons. The lowest BCUT2D eigenvalue weighted by atomic mass is 10.0. The second kappa shape index (κ2) is 4.45. The second-order valence-electron chi connectivity index (χ2n) is 3.78. The minimum Gasteiger partial charge on any atom is -0.496 e. The molecule has 3 N–H and O–H groups in total. The molecule has 5 heteroatoms. The Morgan fingerprint density at radius 2 is 2.18 bits per heavy atom. The SMILES string of the molecule is COc1ccc(C(C)F)cc1-c1cc(N)n[nH]1. The summed E-state index contributed by atoms with van der Waals surface area (Å²) in [5.74, 6) is 1.04. The van der Waals surface area contributed by atoms with Crippen LogP contribution in [0.2, 0.25) is 0 Å². The van der Waals surface area contributed by atoms with E-state index in [1.807, 2.05) is 0 Å². The number of methoxy groups -OCH3 is 1. The van der Waals surface area contributed by atoms with E-state index in [0.29, 0.717) is 22.8 Å². The van der Waals surface area contributed by atoms with Gasteiger partial charge in [0.25, 0.3) is 0 Å². The third-order valence-electron chi connectivity index (χ3n) is 2.57. The zero-order valence-electron chi connectivity index (χ0n) is 9.70. The van der Waals surface area contributed by atoms with Crippen LogP contribution in [0.5, 0.6) is 5.75 Å².